The lowest BCUT2D eigenvalue weighted by molar-refractivity contribution is 0.438. The number of fused-ring (bicyclic) bond motifs is 1. The summed E-state index contributed by atoms with van der Waals surface area (Å²) in [7, 11) is -3.91. The van der Waals surface area contributed by atoms with Crippen LogP contribution in [0.15, 0.2) is 24.3 Å². The minimum Gasteiger partial charge on any atom is -0.310 e. The van der Waals surface area contributed by atoms with Gasteiger partial charge in [-0.1, -0.05) is 24.3 Å². The van der Waals surface area contributed by atoms with Crippen LogP contribution in [0.25, 0.3) is 0 Å². The minimum absolute atomic E-state index is 0.304. The molecule has 1 aliphatic carbocycles. The number of rotatable bonds is 5. The largest absolute Gasteiger partial charge is 0.310 e. The standard InChI is InChI=1S/C14H21NO3S/c1-11(19(16,17)18)9-10-15-14-8-4-6-12-5-2-3-7-13(12)14/h2-3,5,7,11,14-15H,4,6,8-10H2,1H3,(H,16,17,18). The summed E-state index contributed by atoms with van der Waals surface area (Å²) >= 11 is 0. The molecule has 0 fully saturated rings. The third kappa shape index (κ3) is 3.78. The Kier molecular flexibility index (Phi) is 4.60. The molecule has 0 saturated heterocycles. The number of hydrogen-bond donors (Lipinski definition) is 2. The summed E-state index contributed by atoms with van der Waals surface area (Å²) in [6, 6.07) is 8.70. The SMILES string of the molecule is CC(CCNC1CCCc2ccccc21)S(=O)(=O)O. The van der Waals surface area contributed by atoms with Crippen LogP contribution >= 0.6 is 0 Å². The van der Waals surface area contributed by atoms with E-state index in [1.807, 2.05) is 6.07 Å². The molecule has 2 atom stereocenters. The molecule has 19 heavy (non-hydrogen) atoms. The zero-order chi connectivity index (χ0) is 13.9. The molecule has 0 aromatic heterocycles. The van der Waals surface area contributed by atoms with E-state index in [0.29, 0.717) is 19.0 Å². The number of hydrogen-bond acceptors (Lipinski definition) is 3. The fourth-order valence-corrected chi connectivity index (χ4v) is 2.99. The van der Waals surface area contributed by atoms with Gasteiger partial charge >= 0.3 is 0 Å². The van der Waals surface area contributed by atoms with Crippen molar-refractivity contribution < 1.29 is 13.0 Å². The second-order valence-electron chi connectivity index (χ2n) is 5.21. The second-order valence-corrected chi connectivity index (χ2v) is 7.05. The molecule has 1 aliphatic rings. The summed E-state index contributed by atoms with van der Waals surface area (Å²) in [5.74, 6) is 0. The van der Waals surface area contributed by atoms with Crippen LogP contribution in [-0.4, -0.2) is 24.8 Å². The maximum atomic E-state index is 10.9. The van der Waals surface area contributed by atoms with Gasteiger partial charge in [0, 0.05) is 6.04 Å². The molecule has 0 spiro atoms. The average Bonchev–Trinajstić information content (AvgIpc) is 2.38. The van der Waals surface area contributed by atoms with Gasteiger partial charge in [-0.05, 0) is 50.3 Å². The van der Waals surface area contributed by atoms with E-state index in [2.05, 4.69) is 23.5 Å². The van der Waals surface area contributed by atoms with Gasteiger partial charge in [-0.3, -0.25) is 4.55 Å². The van der Waals surface area contributed by atoms with Gasteiger partial charge in [0.2, 0.25) is 0 Å². The summed E-state index contributed by atoms with van der Waals surface area (Å²) in [5, 5.41) is 2.70. The lowest BCUT2D eigenvalue weighted by Crippen LogP contribution is -2.29. The molecule has 0 radical (unpaired) electrons. The molecule has 0 saturated carbocycles. The molecule has 5 heteroatoms. The van der Waals surface area contributed by atoms with Gasteiger partial charge in [0.05, 0.1) is 5.25 Å². The molecule has 2 rings (SSSR count). The Balaban J connectivity index is 1.91. The Morgan fingerprint density at radius 2 is 2.16 bits per heavy atom. The fourth-order valence-electron chi connectivity index (χ4n) is 2.58. The smallest absolute Gasteiger partial charge is 0.267 e. The lowest BCUT2D eigenvalue weighted by atomic mass is 9.88. The monoisotopic (exact) mass is 283 g/mol. The van der Waals surface area contributed by atoms with Crippen molar-refractivity contribution in [2.45, 2.75) is 43.9 Å². The van der Waals surface area contributed by atoms with Crippen LogP contribution in [0.4, 0.5) is 0 Å². The zero-order valence-corrected chi connectivity index (χ0v) is 12.0. The first-order valence-electron chi connectivity index (χ1n) is 6.76. The van der Waals surface area contributed by atoms with Gasteiger partial charge in [-0.15, -0.1) is 0 Å². The third-order valence-electron chi connectivity index (χ3n) is 3.82. The first-order chi connectivity index (χ1) is 8.98. The van der Waals surface area contributed by atoms with E-state index in [4.69, 9.17) is 4.55 Å². The summed E-state index contributed by atoms with van der Waals surface area (Å²) in [4.78, 5) is 0. The molecular formula is C14H21NO3S. The Hall–Kier alpha value is -0.910. The van der Waals surface area contributed by atoms with Gasteiger partial charge in [-0.25, -0.2) is 0 Å². The molecule has 106 valence electrons. The molecule has 2 unspecified atom stereocenters. The third-order valence-corrected chi connectivity index (χ3v) is 5.07. The summed E-state index contributed by atoms with van der Waals surface area (Å²) in [6.45, 7) is 2.13. The van der Waals surface area contributed by atoms with Crippen LogP contribution in [0.1, 0.15) is 43.4 Å². The molecule has 0 heterocycles. The van der Waals surface area contributed by atoms with Gasteiger partial charge in [0.25, 0.3) is 10.1 Å². The fraction of sp³-hybridized carbons (Fsp3) is 0.571. The Morgan fingerprint density at radius 1 is 1.42 bits per heavy atom. The van der Waals surface area contributed by atoms with Crippen LogP contribution in [0.5, 0.6) is 0 Å². The predicted molar refractivity (Wildman–Crippen MR) is 75.8 cm³/mol. The molecular weight excluding hydrogens is 262 g/mol. The van der Waals surface area contributed by atoms with E-state index in [9.17, 15) is 8.42 Å². The Bertz CT molecular complexity index is 527. The van der Waals surface area contributed by atoms with Gasteiger partial charge < -0.3 is 5.32 Å². The van der Waals surface area contributed by atoms with Crippen LogP contribution in [0.3, 0.4) is 0 Å². The maximum Gasteiger partial charge on any atom is 0.267 e. The second kappa shape index (κ2) is 6.03. The van der Waals surface area contributed by atoms with E-state index in [0.717, 1.165) is 19.3 Å². The topological polar surface area (TPSA) is 66.4 Å². The quantitative estimate of drug-likeness (QED) is 0.814. The van der Waals surface area contributed by atoms with Crippen molar-refractivity contribution in [1.82, 2.24) is 5.32 Å². The van der Waals surface area contributed by atoms with E-state index in [1.165, 1.54) is 18.1 Å². The molecule has 4 nitrogen and oxygen atoms in total. The van der Waals surface area contributed by atoms with E-state index < -0.39 is 15.4 Å². The van der Waals surface area contributed by atoms with Crippen LogP contribution < -0.4 is 5.32 Å². The minimum atomic E-state index is -3.91. The van der Waals surface area contributed by atoms with E-state index in [1.54, 1.807) is 0 Å². The normalized spacial score (nSPS) is 20.8. The van der Waals surface area contributed by atoms with Crippen molar-refractivity contribution in [3.63, 3.8) is 0 Å². The first kappa shape index (κ1) is 14.5. The summed E-state index contributed by atoms with van der Waals surface area (Å²) < 4.78 is 30.8. The van der Waals surface area contributed by atoms with Crippen molar-refractivity contribution in [2.75, 3.05) is 6.54 Å². The highest BCUT2D eigenvalue weighted by Gasteiger charge is 2.21. The Labute approximate surface area is 115 Å². The molecule has 1 aromatic rings. The maximum absolute atomic E-state index is 10.9. The van der Waals surface area contributed by atoms with Gasteiger partial charge in [0.15, 0.2) is 0 Å². The summed E-state index contributed by atoms with van der Waals surface area (Å²) in [5.41, 5.74) is 2.71. The van der Waals surface area contributed by atoms with Crippen LogP contribution in [-0.2, 0) is 16.5 Å². The molecule has 0 amide bonds. The Morgan fingerprint density at radius 3 is 2.89 bits per heavy atom. The average molecular weight is 283 g/mol. The van der Waals surface area contributed by atoms with Crippen molar-refractivity contribution in [1.29, 1.82) is 0 Å². The molecule has 2 N–H and O–H groups in total. The number of nitrogens with one attached hydrogen (secondary N) is 1. The van der Waals surface area contributed by atoms with Crippen LogP contribution in [0, 0.1) is 0 Å². The van der Waals surface area contributed by atoms with Gasteiger partial charge in [-0.2, -0.15) is 8.42 Å². The van der Waals surface area contributed by atoms with Crippen LogP contribution in [0.2, 0.25) is 0 Å². The molecule has 0 aliphatic heterocycles. The summed E-state index contributed by atoms with van der Waals surface area (Å²) in [6.07, 6.45) is 3.78. The molecule has 0 bridgehead atoms. The van der Waals surface area contributed by atoms with Gasteiger partial charge in [0.1, 0.15) is 0 Å². The van der Waals surface area contributed by atoms with Crippen molar-refractivity contribution >= 4 is 10.1 Å². The zero-order valence-electron chi connectivity index (χ0n) is 11.2. The number of benzene rings is 1. The van der Waals surface area contributed by atoms with Crippen molar-refractivity contribution in [2.24, 2.45) is 0 Å². The van der Waals surface area contributed by atoms with Crippen molar-refractivity contribution in [3.05, 3.63) is 35.4 Å². The highest BCUT2D eigenvalue weighted by Crippen LogP contribution is 2.29. The highest BCUT2D eigenvalue weighted by molar-refractivity contribution is 7.86. The molecule has 1 aromatic carbocycles. The van der Waals surface area contributed by atoms with Crippen molar-refractivity contribution in [3.8, 4) is 0 Å². The first-order valence-corrected chi connectivity index (χ1v) is 8.26. The van der Waals surface area contributed by atoms with E-state index in [-0.39, 0.29) is 0 Å². The highest BCUT2D eigenvalue weighted by atomic mass is 32.2. The van der Waals surface area contributed by atoms with E-state index >= 15 is 0 Å². The predicted octanol–water partition coefficient (Wildman–Crippen LogP) is 2.32. The number of aryl methyl sites for hydroxylation is 1. The lowest BCUT2D eigenvalue weighted by Gasteiger charge is -2.26.